The molecular formula is C17H20N4O. The Labute approximate surface area is 130 Å². The molecule has 0 spiro atoms. The molecule has 1 atom stereocenters. The minimum Gasteiger partial charge on any atom is -0.349 e. The van der Waals surface area contributed by atoms with Crippen LogP contribution in [0.2, 0.25) is 0 Å². The molecule has 5 heteroatoms. The second-order valence-electron chi connectivity index (χ2n) is 5.47. The highest BCUT2D eigenvalue weighted by Crippen LogP contribution is 2.15. The summed E-state index contributed by atoms with van der Waals surface area (Å²) in [6.45, 7) is 5.81. The number of nitriles is 1. The lowest BCUT2D eigenvalue weighted by Crippen LogP contribution is -2.28. The van der Waals surface area contributed by atoms with Crippen molar-refractivity contribution in [3.63, 3.8) is 0 Å². The van der Waals surface area contributed by atoms with Crippen LogP contribution in [0.15, 0.2) is 24.3 Å². The third kappa shape index (κ3) is 3.34. The van der Waals surface area contributed by atoms with Crippen LogP contribution < -0.4 is 5.32 Å². The van der Waals surface area contributed by atoms with E-state index in [1.807, 2.05) is 40.0 Å². The zero-order valence-corrected chi connectivity index (χ0v) is 13.3. The van der Waals surface area contributed by atoms with Crippen LogP contribution in [-0.4, -0.2) is 15.7 Å². The van der Waals surface area contributed by atoms with E-state index in [-0.39, 0.29) is 11.9 Å². The molecule has 1 amide bonds. The van der Waals surface area contributed by atoms with Crippen molar-refractivity contribution in [2.75, 3.05) is 0 Å². The van der Waals surface area contributed by atoms with Crippen molar-refractivity contribution in [1.82, 2.24) is 15.1 Å². The van der Waals surface area contributed by atoms with E-state index in [9.17, 15) is 4.79 Å². The lowest BCUT2D eigenvalue weighted by Gasteiger charge is -2.14. The molecule has 1 N–H and O–H groups in total. The van der Waals surface area contributed by atoms with Gasteiger partial charge in [0.1, 0.15) is 0 Å². The van der Waals surface area contributed by atoms with E-state index in [1.165, 1.54) is 0 Å². The van der Waals surface area contributed by atoms with Crippen LogP contribution >= 0.6 is 0 Å². The van der Waals surface area contributed by atoms with Gasteiger partial charge in [-0.2, -0.15) is 10.4 Å². The van der Waals surface area contributed by atoms with Crippen LogP contribution in [-0.2, 0) is 18.3 Å². The van der Waals surface area contributed by atoms with Gasteiger partial charge in [0.15, 0.2) is 0 Å². The van der Waals surface area contributed by atoms with Crippen LogP contribution in [0.1, 0.15) is 41.0 Å². The minimum absolute atomic E-state index is 0.0314. The second-order valence-corrected chi connectivity index (χ2v) is 5.47. The number of nitrogens with zero attached hydrogens (tertiary/aromatic N) is 3. The molecule has 0 saturated heterocycles. The largest absolute Gasteiger partial charge is 0.349 e. The van der Waals surface area contributed by atoms with Gasteiger partial charge in [-0.3, -0.25) is 9.48 Å². The van der Waals surface area contributed by atoms with Crippen LogP contribution in [0.5, 0.6) is 0 Å². The van der Waals surface area contributed by atoms with Crippen molar-refractivity contribution < 1.29 is 4.79 Å². The summed E-state index contributed by atoms with van der Waals surface area (Å²) in [5.41, 5.74) is 4.47. The molecule has 5 nitrogen and oxygen atoms in total. The van der Waals surface area contributed by atoms with Crippen LogP contribution in [0.4, 0.5) is 0 Å². The fraction of sp³-hybridized carbons (Fsp3) is 0.353. The Morgan fingerprint density at radius 2 is 2.00 bits per heavy atom. The fourth-order valence-electron chi connectivity index (χ4n) is 2.46. The van der Waals surface area contributed by atoms with Crippen LogP contribution in [0.25, 0.3) is 0 Å². The fourth-order valence-corrected chi connectivity index (χ4v) is 2.46. The zero-order valence-electron chi connectivity index (χ0n) is 13.3. The van der Waals surface area contributed by atoms with Crippen molar-refractivity contribution in [2.24, 2.45) is 7.05 Å². The number of amides is 1. The second kappa shape index (κ2) is 6.44. The molecule has 0 radical (unpaired) electrons. The molecule has 0 aliphatic carbocycles. The Morgan fingerprint density at radius 3 is 2.50 bits per heavy atom. The Balaban J connectivity index is 2.03. The van der Waals surface area contributed by atoms with E-state index in [1.54, 1.807) is 16.8 Å². The average Bonchev–Trinajstić information content (AvgIpc) is 2.73. The summed E-state index contributed by atoms with van der Waals surface area (Å²) in [5.74, 6) is -0.0314. The maximum Gasteiger partial charge on any atom is 0.225 e. The van der Waals surface area contributed by atoms with Crippen LogP contribution in [0.3, 0.4) is 0 Å². The van der Waals surface area contributed by atoms with Gasteiger partial charge in [0, 0.05) is 18.3 Å². The zero-order chi connectivity index (χ0) is 16.3. The molecule has 0 fully saturated rings. The summed E-state index contributed by atoms with van der Waals surface area (Å²) in [6, 6.07) is 9.23. The molecule has 2 aromatic rings. The number of rotatable bonds is 4. The first-order valence-electron chi connectivity index (χ1n) is 7.21. The average molecular weight is 296 g/mol. The maximum atomic E-state index is 12.2. The molecule has 2 rings (SSSR count). The van der Waals surface area contributed by atoms with Gasteiger partial charge in [-0.05, 0) is 38.5 Å². The molecule has 22 heavy (non-hydrogen) atoms. The molecule has 1 heterocycles. The molecule has 1 aromatic carbocycles. The van der Waals surface area contributed by atoms with Gasteiger partial charge < -0.3 is 5.32 Å². The Morgan fingerprint density at radius 1 is 1.36 bits per heavy atom. The van der Waals surface area contributed by atoms with Crippen molar-refractivity contribution in [1.29, 1.82) is 5.26 Å². The summed E-state index contributed by atoms with van der Waals surface area (Å²) in [7, 11) is 1.88. The van der Waals surface area contributed by atoms with Gasteiger partial charge in [0.2, 0.25) is 5.91 Å². The van der Waals surface area contributed by atoms with Gasteiger partial charge in [0.05, 0.1) is 29.8 Å². The summed E-state index contributed by atoms with van der Waals surface area (Å²) < 4.78 is 1.79. The first kappa shape index (κ1) is 15.8. The standard InChI is InChI=1S/C17H20N4O/c1-11(15-7-5-14(10-18)6-8-15)19-17(22)9-16-12(2)20-21(4)13(16)3/h5-8,11H,9H2,1-4H3,(H,19,22). The van der Waals surface area contributed by atoms with Gasteiger partial charge >= 0.3 is 0 Å². The number of aryl methyl sites for hydroxylation is 2. The number of carbonyl (C=O) groups is 1. The number of carbonyl (C=O) groups excluding carboxylic acids is 1. The van der Waals surface area contributed by atoms with E-state index in [0.717, 1.165) is 22.5 Å². The predicted octanol–water partition coefficient (Wildman–Crippen LogP) is 2.33. The van der Waals surface area contributed by atoms with Crippen molar-refractivity contribution in [3.05, 3.63) is 52.3 Å². The lowest BCUT2D eigenvalue weighted by atomic mass is 10.1. The normalized spacial score (nSPS) is 11.8. The highest BCUT2D eigenvalue weighted by Gasteiger charge is 2.15. The monoisotopic (exact) mass is 296 g/mol. The van der Waals surface area contributed by atoms with Crippen molar-refractivity contribution in [3.8, 4) is 6.07 Å². The van der Waals surface area contributed by atoms with E-state index in [4.69, 9.17) is 5.26 Å². The van der Waals surface area contributed by atoms with Gasteiger partial charge in [-0.1, -0.05) is 12.1 Å². The predicted molar refractivity (Wildman–Crippen MR) is 84.1 cm³/mol. The molecule has 0 bridgehead atoms. The first-order valence-corrected chi connectivity index (χ1v) is 7.21. The van der Waals surface area contributed by atoms with Gasteiger partial charge in [0.25, 0.3) is 0 Å². The van der Waals surface area contributed by atoms with Crippen molar-refractivity contribution in [2.45, 2.75) is 33.2 Å². The van der Waals surface area contributed by atoms with E-state index >= 15 is 0 Å². The lowest BCUT2D eigenvalue weighted by molar-refractivity contribution is -0.121. The van der Waals surface area contributed by atoms with E-state index in [2.05, 4.69) is 16.5 Å². The molecule has 0 aliphatic rings. The summed E-state index contributed by atoms with van der Waals surface area (Å²) >= 11 is 0. The summed E-state index contributed by atoms with van der Waals surface area (Å²) in [5, 5.41) is 16.1. The SMILES string of the molecule is Cc1nn(C)c(C)c1CC(=O)NC(C)c1ccc(C#N)cc1. The number of hydrogen-bond acceptors (Lipinski definition) is 3. The summed E-state index contributed by atoms with van der Waals surface area (Å²) in [4.78, 5) is 12.2. The highest BCUT2D eigenvalue weighted by atomic mass is 16.1. The third-order valence-electron chi connectivity index (χ3n) is 3.91. The molecule has 114 valence electrons. The topological polar surface area (TPSA) is 70.7 Å². The minimum atomic E-state index is -0.0995. The van der Waals surface area contributed by atoms with Crippen LogP contribution in [0, 0.1) is 25.2 Å². The number of hydrogen-bond donors (Lipinski definition) is 1. The first-order chi connectivity index (χ1) is 10.4. The summed E-state index contributed by atoms with van der Waals surface area (Å²) in [6.07, 6.45) is 0.326. The number of aromatic nitrogens is 2. The molecule has 1 aromatic heterocycles. The molecule has 0 aliphatic heterocycles. The van der Waals surface area contributed by atoms with Gasteiger partial charge in [-0.15, -0.1) is 0 Å². The Bertz CT molecular complexity index is 722. The highest BCUT2D eigenvalue weighted by molar-refractivity contribution is 5.79. The number of benzene rings is 1. The Hall–Kier alpha value is -2.61. The van der Waals surface area contributed by atoms with Gasteiger partial charge in [-0.25, -0.2) is 0 Å². The van der Waals surface area contributed by atoms with Crippen molar-refractivity contribution >= 4 is 5.91 Å². The third-order valence-corrected chi connectivity index (χ3v) is 3.91. The Kier molecular flexibility index (Phi) is 4.62. The molecule has 0 saturated carbocycles. The van der Waals surface area contributed by atoms with E-state index < -0.39 is 0 Å². The quantitative estimate of drug-likeness (QED) is 0.941. The maximum absolute atomic E-state index is 12.2. The molecule has 1 unspecified atom stereocenters. The van der Waals surface area contributed by atoms with E-state index in [0.29, 0.717) is 12.0 Å². The number of nitrogens with one attached hydrogen (secondary N) is 1. The molecular weight excluding hydrogens is 276 g/mol. The smallest absolute Gasteiger partial charge is 0.225 e.